The van der Waals surface area contributed by atoms with Crippen molar-refractivity contribution in [3.8, 4) is 0 Å². The molecule has 7 heteroatoms. The maximum atomic E-state index is 11.8. The molecular formula is C11H21NO5S. The van der Waals surface area contributed by atoms with Gasteiger partial charge in [0.15, 0.2) is 0 Å². The molecule has 2 aliphatic rings. The molecule has 0 aliphatic carbocycles. The van der Waals surface area contributed by atoms with Crippen molar-refractivity contribution in [2.45, 2.75) is 37.4 Å². The maximum Gasteiger partial charge on any atom is 0.214 e. The Balaban J connectivity index is 1.80. The van der Waals surface area contributed by atoms with Crippen molar-refractivity contribution in [2.24, 2.45) is 0 Å². The monoisotopic (exact) mass is 279 g/mol. The molecule has 0 spiro atoms. The van der Waals surface area contributed by atoms with Crippen LogP contribution in [0, 0.1) is 0 Å². The number of nitrogens with one attached hydrogen (secondary N) is 1. The minimum Gasteiger partial charge on any atom is -0.388 e. The van der Waals surface area contributed by atoms with E-state index in [2.05, 4.69) is 4.72 Å². The zero-order valence-corrected chi connectivity index (χ0v) is 11.2. The van der Waals surface area contributed by atoms with Crippen LogP contribution in [0.5, 0.6) is 0 Å². The van der Waals surface area contributed by atoms with E-state index >= 15 is 0 Å². The van der Waals surface area contributed by atoms with Crippen molar-refractivity contribution >= 4 is 10.0 Å². The molecule has 0 aromatic carbocycles. The normalized spacial score (nSPS) is 28.4. The highest BCUT2D eigenvalue weighted by Crippen LogP contribution is 2.20. The van der Waals surface area contributed by atoms with Crippen molar-refractivity contribution < 1.29 is 23.0 Å². The van der Waals surface area contributed by atoms with Gasteiger partial charge in [0.25, 0.3) is 0 Å². The van der Waals surface area contributed by atoms with Crippen molar-refractivity contribution in [2.75, 3.05) is 32.1 Å². The van der Waals surface area contributed by atoms with Gasteiger partial charge in [0, 0.05) is 39.2 Å². The Morgan fingerprint density at radius 3 is 2.61 bits per heavy atom. The van der Waals surface area contributed by atoms with Gasteiger partial charge < -0.3 is 14.6 Å². The molecule has 2 aliphatic heterocycles. The molecule has 106 valence electrons. The summed E-state index contributed by atoms with van der Waals surface area (Å²) in [5.74, 6) is -0.0143. The van der Waals surface area contributed by atoms with Gasteiger partial charge in [-0.2, -0.15) is 0 Å². The first-order valence-corrected chi connectivity index (χ1v) is 8.03. The summed E-state index contributed by atoms with van der Waals surface area (Å²) in [6.45, 7) is 1.65. The Morgan fingerprint density at radius 1 is 1.28 bits per heavy atom. The minimum absolute atomic E-state index is 0.0143. The Hall–Kier alpha value is -0.210. The fraction of sp³-hybridized carbons (Fsp3) is 1.00. The number of sulfonamides is 1. The second-order valence-corrected chi connectivity index (χ2v) is 6.93. The fourth-order valence-corrected chi connectivity index (χ4v) is 3.61. The molecule has 1 atom stereocenters. The standard InChI is InChI=1S/C11H21NO5S/c13-11(3-6-16-7-4-11)9-12-18(14,15)8-10-2-1-5-17-10/h10,12-13H,1-9H2. The molecule has 2 rings (SSSR count). The molecule has 0 aromatic heterocycles. The zero-order valence-electron chi connectivity index (χ0n) is 10.4. The van der Waals surface area contributed by atoms with Crippen LogP contribution in [-0.4, -0.2) is 57.3 Å². The Kier molecular flexibility index (Phi) is 4.60. The molecular weight excluding hydrogens is 258 g/mol. The van der Waals surface area contributed by atoms with E-state index in [9.17, 15) is 13.5 Å². The molecule has 0 amide bonds. The maximum absolute atomic E-state index is 11.8. The molecule has 1 unspecified atom stereocenters. The molecule has 0 aromatic rings. The summed E-state index contributed by atoms with van der Waals surface area (Å²) in [5.41, 5.74) is -0.970. The summed E-state index contributed by atoms with van der Waals surface area (Å²) in [4.78, 5) is 0. The van der Waals surface area contributed by atoms with Gasteiger partial charge in [-0.05, 0) is 12.8 Å². The van der Waals surface area contributed by atoms with Crippen LogP contribution >= 0.6 is 0 Å². The molecule has 2 fully saturated rings. The molecule has 0 bridgehead atoms. The number of hydrogen-bond donors (Lipinski definition) is 2. The molecule has 2 heterocycles. The highest BCUT2D eigenvalue weighted by atomic mass is 32.2. The number of ether oxygens (including phenoxy) is 2. The molecule has 6 nitrogen and oxygen atoms in total. The highest BCUT2D eigenvalue weighted by molar-refractivity contribution is 7.89. The second kappa shape index (κ2) is 5.83. The van der Waals surface area contributed by atoms with E-state index in [-0.39, 0.29) is 18.4 Å². The minimum atomic E-state index is -3.38. The number of aliphatic hydroxyl groups is 1. The van der Waals surface area contributed by atoms with Crippen LogP contribution in [0.4, 0.5) is 0 Å². The highest BCUT2D eigenvalue weighted by Gasteiger charge is 2.32. The van der Waals surface area contributed by atoms with Crippen LogP contribution in [0.25, 0.3) is 0 Å². The lowest BCUT2D eigenvalue weighted by Crippen LogP contribution is -2.47. The number of hydrogen-bond acceptors (Lipinski definition) is 5. The van der Waals surface area contributed by atoms with Crippen LogP contribution in [0.1, 0.15) is 25.7 Å². The van der Waals surface area contributed by atoms with Crippen LogP contribution in [0.15, 0.2) is 0 Å². The van der Waals surface area contributed by atoms with Gasteiger partial charge in [0.2, 0.25) is 10.0 Å². The van der Waals surface area contributed by atoms with Gasteiger partial charge >= 0.3 is 0 Å². The largest absolute Gasteiger partial charge is 0.388 e. The van der Waals surface area contributed by atoms with Crippen LogP contribution in [-0.2, 0) is 19.5 Å². The lowest BCUT2D eigenvalue weighted by molar-refractivity contribution is -0.0589. The van der Waals surface area contributed by atoms with Crippen molar-refractivity contribution in [3.05, 3.63) is 0 Å². The van der Waals surface area contributed by atoms with Crippen LogP contribution in [0.2, 0.25) is 0 Å². The van der Waals surface area contributed by atoms with Crippen molar-refractivity contribution in [1.82, 2.24) is 4.72 Å². The summed E-state index contributed by atoms with van der Waals surface area (Å²) in [5, 5.41) is 10.2. The van der Waals surface area contributed by atoms with Gasteiger partial charge in [0.1, 0.15) is 0 Å². The third-order valence-corrected chi connectivity index (χ3v) is 4.87. The van der Waals surface area contributed by atoms with E-state index < -0.39 is 15.6 Å². The van der Waals surface area contributed by atoms with Crippen LogP contribution < -0.4 is 4.72 Å². The molecule has 0 saturated carbocycles. The van der Waals surface area contributed by atoms with Crippen molar-refractivity contribution in [3.63, 3.8) is 0 Å². The fourth-order valence-electron chi connectivity index (χ4n) is 2.25. The molecule has 0 radical (unpaired) electrons. The van der Waals surface area contributed by atoms with E-state index in [0.29, 0.717) is 32.7 Å². The number of rotatable bonds is 5. The van der Waals surface area contributed by atoms with E-state index in [1.165, 1.54) is 0 Å². The Labute approximate surface area is 108 Å². The first kappa shape index (κ1) is 14.2. The predicted octanol–water partition coefficient (Wildman–Crippen LogP) is -0.374. The Bertz CT molecular complexity index is 358. The van der Waals surface area contributed by atoms with E-state index in [0.717, 1.165) is 12.8 Å². The predicted molar refractivity (Wildman–Crippen MR) is 65.8 cm³/mol. The van der Waals surface area contributed by atoms with Crippen molar-refractivity contribution in [1.29, 1.82) is 0 Å². The van der Waals surface area contributed by atoms with E-state index in [1.807, 2.05) is 0 Å². The van der Waals surface area contributed by atoms with Gasteiger partial charge in [0.05, 0.1) is 17.5 Å². The SMILES string of the molecule is O=S(=O)(CC1CCCO1)NCC1(O)CCOCC1. The third-order valence-electron chi connectivity index (χ3n) is 3.47. The topological polar surface area (TPSA) is 84.9 Å². The van der Waals surface area contributed by atoms with E-state index in [1.54, 1.807) is 0 Å². The molecule has 2 saturated heterocycles. The first-order valence-electron chi connectivity index (χ1n) is 6.38. The molecule has 18 heavy (non-hydrogen) atoms. The lowest BCUT2D eigenvalue weighted by atomic mass is 9.95. The smallest absolute Gasteiger partial charge is 0.214 e. The summed E-state index contributed by atoms with van der Waals surface area (Å²) < 4.78 is 36.6. The summed E-state index contributed by atoms with van der Waals surface area (Å²) in [6, 6.07) is 0. The average Bonchev–Trinajstić information content (AvgIpc) is 2.80. The summed E-state index contributed by atoms with van der Waals surface area (Å²) >= 11 is 0. The second-order valence-electron chi connectivity index (χ2n) is 5.07. The molecule has 2 N–H and O–H groups in total. The van der Waals surface area contributed by atoms with Gasteiger partial charge in [-0.1, -0.05) is 0 Å². The van der Waals surface area contributed by atoms with Crippen LogP contribution in [0.3, 0.4) is 0 Å². The van der Waals surface area contributed by atoms with Gasteiger partial charge in [-0.15, -0.1) is 0 Å². The third kappa shape index (κ3) is 4.17. The Morgan fingerprint density at radius 2 is 2.00 bits per heavy atom. The van der Waals surface area contributed by atoms with Gasteiger partial charge in [-0.25, -0.2) is 13.1 Å². The quantitative estimate of drug-likeness (QED) is 0.717. The lowest BCUT2D eigenvalue weighted by Gasteiger charge is -2.32. The van der Waals surface area contributed by atoms with E-state index in [4.69, 9.17) is 9.47 Å². The average molecular weight is 279 g/mol. The summed E-state index contributed by atoms with van der Waals surface area (Å²) in [7, 11) is -3.38. The zero-order chi connectivity index (χ0) is 13.1. The summed E-state index contributed by atoms with van der Waals surface area (Å²) in [6.07, 6.45) is 2.44. The van der Waals surface area contributed by atoms with Gasteiger partial charge in [-0.3, -0.25) is 0 Å². The first-order chi connectivity index (χ1) is 8.49.